The molecule has 1 aromatic heterocycles. The standard InChI is InChI=1S/C13H19BrN2OS/c14-10-7-12(18-9-10)4-5-13(17)16-6-2-1-3-11(16)8-15/h7,9,11H,1-6,8,15H2. The highest BCUT2D eigenvalue weighted by Gasteiger charge is 2.25. The van der Waals surface area contributed by atoms with Crippen molar-refractivity contribution in [1.29, 1.82) is 0 Å². The van der Waals surface area contributed by atoms with Crippen molar-refractivity contribution in [1.82, 2.24) is 4.90 Å². The molecule has 5 heteroatoms. The maximum atomic E-state index is 12.2. The molecule has 0 aliphatic carbocycles. The largest absolute Gasteiger partial charge is 0.338 e. The average molecular weight is 331 g/mol. The Labute approximate surface area is 120 Å². The predicted octanol–water partition coefficient (Wildman–Crippen LogP) is 2.78. The van der Waals surface area contributed by atoms with Gasteiger partial charge in [0.2, 0.25) is 5.91 Å². The van der Waals surface area contributed by atoms with Gasteiger partial charge in [-0.15, -0.1) is 11.3 Å². The van der Waals surface area contributed by atoms with Crippen molar-refractivity contribution in [2.75, 3.05) is 13.1 Å². The highest BCUT2D eigenvalue weighted by Crippen LogP contribution is 2.22. The molecule has 2 rings (SSSR count). The maximum Gasteiger partial charge on any atom is 0.223 e. The molecule has 1 aliphatic rings. The van der Waals surface area contributed by atoms with Gasteiger partial charge in [-0.25, -0.2) is 0 Å². The number of rotatable bonds is 4. The van der Waals surface area contributed by atoms with Crippen molar-refractivity contribution in [2.45, 2.75) is 38.1 Å². The SMILES string of the molecule is NCC1CCCCN1C(=O)CCc1cc(Br)cs1. The quantitative estimate of drug-likeness (QED) is 0.922. The summed E-state index contributed by atoms with van der Waals surface area (Å²) in [5.74, 6) is 0.259. The van der Waals surface area contributed by atoms with Gasteiger partial charge in [0.05, 0.1) is 0 Å². The van der Waals surface area contributed by atoms with Crippen LogP contribution in [0.15, 0.2) is 15.9 Å². The monoisotopic (exact) mass is 330 g/mol. The van der Waals surface area contributed by atoms with Gasteiger partial charge >= 0.3 is 0 Å². The normalized spacial score (nSPS) is 20.1. The van der Waals surface area contributed by atoms with E-state index in [-0.39, 0.29) is 11.9 Å². The van der Waals surface area contributed by atoms with E-state index < -0.39 is 0 Å². The fourth-order valence-electron chi connectivity index (χ4n) is 2.43. The summed E-state index contributed by atoms with van der Waals surface area (Å²) in [6, 6.07) is 2.36. The Morgan fingerprint density at radius 1 is 1.56 bits per heavy atom. The number of halogens is 1. The van der Waals surface area contributed by atoms with E-state index >= 15 is 0 Å². The molecule has 1 amide bonds. The highest BCUT2D eigenvalue weighted by molar-refractivity contribution is 9.10. The van der Waals surface area contributed by atoms with E-state index in [4.69, 9.17) is 5.73 Å². The van der Waals surface area contributed by atoms with Gasteiger partial charge in [0.1, 0.15) is 0 Å². The number of likely N-dealkylation sites (tertiary alicyclic amines) is 1. The van der Waals surface area contributed by atoms with Gasteiger partial charge in [-0.3, -0.25) is 4.79 Å². The summed E-state index contributed by atoms with van der Waals surface area (Å²) < 4.78 is 1.10. The molecule has 3 nitrogen and oxygen atoms in total. The second-order valence-corrected chi connectivity index (χ2v) is 6.62. The van der Waals surface area contributed by atoms with E-state index in [2.05, 4.69) is 27.4 Å². The minimum Gasteiger partial charge on any atom is -0.338 e. The number of nitrogens with two attached hydrogens (primary N) is 1. The van der Waals surface area contributed by atoms with E-state index in [1.165, 1.54) is 11.3 Å². The van der Waals surface area contributed by atoms with Crippen molar-refractivity contribution < 1.29 is 4.79 Å². The van der Waals surface area contributed by atoms with Gasteiger partial charge in [0, 0.05) is 40.3 Å². The Bertz CT molecular complexity index is 407. The summed E-state index contributed by atoms with van der Waals surface area (Å²) in [5.41, 5.74) is 5.74. The smallest absolute Gasteiger partial charge is 0.223 e. The molecular weight excluding hydrogens is 312 g/mol. The van der Waals surface area contributed by atoms with Crippen LogP contribution in [0.1, 0.15) is 30.6 Å². The number of nitrogens with zero attached hydrogens (tertiary/aromatic N) is 1. The van der Waals surface area contributed by atoms with E-state index in [0.717, 1.165) is 30.3 Å². The second-order valence-electron chi connectivity index (χ2n) is 4.70. The first-order chi connectivity index (χ1) is 8.70. The number of carbonyl (C=O) groups is 1. The lowest BCUT2D eigenvalue weighted by molar-refractivity contribution is -0.134. The molecule has 1 aliphatic heterocycles. The van der Waals surface area contributed by atoms with Crippen LogP contribution >= 0.6 is 27.3 Å². The number of thiophene rings is 1. The minimum atomic E-state index is 0.259. The van der Waals surface area contributed by atoms with Crippen LogP contribution in [0.25, 0.3) is 0 Å². The molecule has 1 aromatic rings. The zero-order valence-electron chi connectivity index (χ0n) is 10.4. The van der Waals surface area contributed by atoms with Crippen LogP contribution in [-0.4, -0.2) is 29.9 Å². The van der Waals surface area contributed by atoms with Crippen molar-refractivity contribution in [3.05, 3.63) is 20.8 Å². The zero-order valence-corrected chi connectivity index (χ0v) is 12.8. The van der Waals surface area contributed by atoms with Crippen LogP contribution in [0.4, 0.5) is 0 Å². The molecule has 2 N–H and O–H groups in total. The van der Waals surface area contributed by atoms with Crippen LogP contribution in [0.3, 0.4) is 0 Å². The fourth-order valence-corrected chi connectivity index (χ4v) is 3.89. The molecule has 1 saturated heterocycles. The van der Waals surface area contributed by atoms with E-state index in [9.17, 15) is 4.79 Å². The van der Waals surface area contributed by atoms with Crippen LogP contribution < -0.4 is 5.73 Å². The summed E-state index contributed by atoms with van der Waals surface area (Å²) in [6.07, 6.45) is 4.81. The number of hydrogen-bond donors (Lipinski definition) is 1. The molecule has 100 valence electrons. The number of amides is 1. The maximum absolute atomic E-state index is 12.2. The Morgan fingerprint density at radius 2 is 2.39 bits per heavy atom. The van der Waals surface area contributed by atoms with Crippen LogP contribution in [0.2, 0.25) is 0 Å². The first-order valence-electron chi connectivity index (χ1n) is 6.43. The lowest BCUT2D eigenvalue weighted by atomic mass is 10.0. The van der Waals surface area contributed by atoms with Gasteiger partial charge < -0.3 is 10.6 Å². The van der Waals surface area contributed by atoms with Gasteiger partial charge in [0.25, 0.3) is 0 Å². The van der Waals surface area contributed by atoms with Gasteiger partial charge in [-0.05, 0) is 47.7 Å². The van der Waals surface area contributed by atoms with E-state index in [1.807, 2.05) is 4.90 Å². The molecule has 1 unspecified atom stereocenters. The van der Waals surface area contributed by atoms with Gasteiger partial charge in [0.15, 0.2) is 0 Å². The summed E-state index contributed by atoms with van der Waals surface area (Å²) >= 11 is 5.14. The topological polar surface area (TPSA) is 46.3 Å². The molecule has 1 fully saturated rings. The van der Waals surface area contributed by atoms with Crippen LogP contribution in [0, 0.1) is 0 Å². The predicted molar refractivity (Wildman–Crippen MR) is 78.7 cm³/mol. The third-order valence-corrected chi connectivity index (χ3v) is 5.18. The van der Waals surface area contributed by atoms with E-state index in [0.29, 0.717) is 13.0 Å². The van der Waals surface area contributed by atoms with Crippen molar-refractivity contribution >= 4 is 33.2 Å². The first kappa shape index (κ1) is 14.0. The lowest BCUT2D eigenvalue weighted by Gasteiger charge is -2.35. The lowest BCUT2D eigenvalue weighted by Crippen LogP contribution is -2.47. The first-order valence-corrected chi connectivity index (χ1v) is 8.10. The Morgan fingerprint density at radius 3 is 3.06 bits per heavy atom. The van der Waals surface area contributed by atoms with E-state index in [1.54, 1.807) is 11.3 Å². The Hall–Kier alpha value is -0.390. The molecule has 0 spiro atoms. The number of aryl methyl sites for hydroxylation is 1. The number of piperidine rings is 1. The molecule has 0 saturated carbocycles. The number of carbonyl (C=O) groups excluding carboxylic acids is 1. The second kappa shape index (κ2) is 6.68. The third-order valence-electron chi connectivity index (χ3n) is 3.43. The van der Waals surface area contributed by atoms with Crippen molar-refractivity contribution in [3.8, 4) is 0 Å². The highest BCUT2D eigenvalue weighted by atomic mass is 79.9. The minimum absolute atomic E-state index is 0.259. The van der Waals surface area contributed by atoms with Crippen molar-refractivity contribution in [3.63, 3.8) is 0 Å². The Balaban J connectivity index is 1.86. The number of hydrogen-bond acceptors (Lipinski definition) is 3. The summed E-state index contributed by atoms with van der Waals surface area (Å²) in [4.78, 5) is 15.5. The molecule has 1 atom stereocenters. The molecule has 18 heavy (non-hydrogen) atoms. The Kier molecular flexibility index (Phi) is 5.21. The van der Waals surface area contributed by atoms with Gasteiger partial charge in [-0.2, -0.15) is 0 Å². The van der Waals surface area contributed by atoms with Gasteiger partial charge in [-0.1, -0.05) is 0 Å². The molecule has 0 aromatic carbocycles. The molecule has 0 bridgehead atoms. The molecule has 0 radical (unpaired) electrons. The summed E-state index contributed by atoms with van der Waals surface area (Å²) in [7, 11) is 0. The van der Waals surface area contributed by atoms with Crippen LogP contribution in [0.5, 0.6) is 0 Å². The van der Waals surface area contributed by atoms with Crippen molar-refractivity contribution in [2.24, 2.45) is 5.73 Å². The summed E-state index contributed by atoms with van der Waals surface area (Å²) in [5, 5.41) is 2.06. The zero-order chi connectivity index (χ0) is 13.0. The summed E-state index contributed by atoms with van der Waals surface area (Å²) in [6.45, 7) is 1.48. The molecule has 2 heterocycles. The fraction of sp³-hybridized carbons (Fsp3) is 0.615. The third kappa shape index (κ3) is 3.56. The van der Waals surface area contributed by atoms with Crippen LogP contribution in [-0.2, 0) is 11.2 Å². The molecular formula is C13H19BrN2OS. The average Bonchev–Trinajstić information content (AvgIpc) is 2.81.